The first kappa shape index (κ1) is 14.8. The summed E-state index contributed by atoms with van der Waals surface area (Å²) in [6.45, 7) is 0. The molecule has 0 heterocycles. The van der Waals surface area contributed by atoms with E-state index in [2.05, 4.69) is 10.5 Å². The molecule has 4 nitrogen and oxygen atoms in total. The molecule has 20 heavy (non-hydrogen) atoms. The van der Waals surface area contributed by atoms with Gasteiger partial charge in [-0.25, -0.2) is 5.43 Å². The summed E-state index contributed by atoms with van der Waals surface area (Å²) < 4.78 is 0.712. The van der Waals surface area contributed by atoms with Crippen LogP contribution in [-0.2, 0) is 0 Å². The summed E-state index contributed by atoms with van der Waals surface area (Å²) in [6.07, 6.45) is 1.50. The monoisotopic (exact) mass is 400 g/mol. The van der Waals surface area contributed by atoms with Gasteiger partial charge in [-0.3, -0.25) is 4.79 Å². The van der Waals surface area contributed by atoms with E-state index in [0.29, 0.717) is 14.2 Å². The number of hydrazone groups is 1. The molecular weight excluding hydrogens is 391 g/mol. The van der Waals surface area contributed by atoms with E-state index in [9.17, 15) is 9.90 Å². The zero-order valence-electron chi connectivity index (χ0n) is 10.2. The molecule has 0 aliphatic rings. The van der Waals surface area contributed by atoms with Crippen LogP contribution in [0.4, 0.5) is 0 Å². The van der Waals surface area contributed by atoms with Crippen molar-refractivity contribution in [2.75, 3.05) is 0 Å². The molecule has 0 aromatic heterocycles. The molecule has 0 aliphatic carbocycles. The second-order valence-corrected chi connectivity index (χ2v) is 5.46. The Morgan fingerprint density at radius 2 is 2.05 bits per heavy atom. The van der Waals surface area contributed by atoms with Gasteiger partial charge in [0.1, 0.15) is 5.75 Å². The molecule has 0 radical (unpaired) electrons. The first-order chi connectivity index (χ1) is 9.58. The molecule has 0 fully saturated rings. The largest absolute Gasteiger partial charge is 0.507 e. The summed E-state index contributed by atoms with van der Waals surface area (Å²) in [4.78, 5) is 11.8. The lowest BCUT2D eigenvalue weighted by atomic mass is 10.2. The van der Waals surface area contributed by atoms with Gasteiger partial charge in [-0.05, 0) is 58.5 Å². The van der Waals surface area contributed by atoms with Crippen molar-refractivity contribution in [3.05, 3.63) is 62.2 Å². The van der Waals surface area contributed by atoms with E-state index in [1.165, 1.54) is 6.21 Å². The van der Waals surface area contributed by atoms with Crippen LogP contribution >= 0.6 is 34.2 Å². The number of phenols is 1. The van der Waals surface area contributed by atoms with Gasteiger partial charge in [-0.1, -0.05) is 23.7 Å². The highest BCUT2D eigenvalue weighted by Gasteiger charge is 2.07. The fraction of sp³-hybridized carbons (Fsp3) is 0. The Balaban J connectivity index is 2.05. The number of hydrogen-bond donors (Lipinski definition) is 2. The van der Waals surface area contributed by atoms with E-state index < -0.39 is 0 Å². The first-order valence-electron chi connectivity index (χ1n) is 5.64. The quantitative estimate of drug-likeness (QED) is 0.471. The highest BCUT2D eigenvalue weighted by atomic mass is 127. The summed E-state index contributed by atoms with van der Waals surface area (Å²) in [5.74, 6) is -0.164. The van der Waals surface area contributed by atoms with Crippen LogP contribution in [0.2, 0.25) is 5.02 Å². The smallest absolute Gasteiger partial charge is 0.272 e. The fourth-order valence-corrected chi connectivity index (χ4v) is 2.24. The summed E-state index contributed by atoms with van der Waals surface area (Å²) in [6, 6.07) is 11.8. The number of hydrogen-bond acceptors (Lipinski definition) is 3. The predicted octanol–water partition coefficient (Wildman–Crippen LogP) is 3.41. The molecule has 6 heteroatoms. The molecule has 0 saturated heterocycles. The van der Waals surface area contributed by atoms with Gasteiger partial charge in [0, 0.05) is 0 Å². The molecule has 102 valence electrons. The highest BCUT2D eigenvalue weighted by Crippen LogP contribution is 2.19. The van der Waals surface area contributed by atoms with Crippen LogP contribution in [0.15, 0.2) is 47.6 Å². The van der Waals surface area contributed by atoms with Gasteiger partial charge in [0.25, 0.3) is 5.91 Å². The Bertz CT molecular complexity index is 674. The molecule has 1 amide bonds. The molecule has 2 N–H and O–H groups in total. The van der Waals surface area contributed by atoms with Crippen LogP contribution < -0.4 is 5.43 Å². The van der Waals surface area contributed by atoms with Crippen molar-refractivity contribution < 1.29 is 9.90 Å². The molecule has 0 aliphatic heterocycles. The van der Waals surface area contributed by atoms with Crippen LogP contribution in [0, 0.1) is 3.57 Å². The number of carbonyl (C=O) groups is 1. The first-order valence-corrected chi connectivity index (χ1v) is 7.10. The molecule has 2 aromatic carbocycles. The predicted molar refractivity (Wildman–Crippen MR) is 87.3 cm³/mol. The third-order valence-electron chi connectivity index (χ3n) is 2.47. The minimum Gasteiger partial charge on any atom is -0.507 e. The van der Waals surface area contributed by atoms with Crippen LogP contribution in [0.5, 0.6) is 5.75 Å². The lowest BCUT2D eigenvalue weighted by Gasteiger charge is -2.02. The van der Waals surface area contributed by atoms with Gasteiger partial charge in [0.2, 0.25) is 0 Å². The van der Waals surface area contributed by atoms with Crippen LogP contribution in [0.3, 0.4) is 0 Å². The van der Waals surface area contributed by atoms with Crippen molar-refractivity contribution in [3.63, 3.8) is 0 Å². The topological polar surface area (TPSA) is 61.7 Å². The van der Waals surface area contributed by atoms with Crippen molar-refractivity contribution in [2.24, 2.45) is 5.10 Å². The van der Waals surface area contributed by atoms with Gasteiger partial charge in [-0.2, -0.15) is 5.10 Å². The lowest BCUT2D eigenvalue weighted by molar-refractivity contribution is 0.0955. The van der Waals surface area contributed by atoms with Crippen LogP contribution in [-0.4, -0.2) is 17.2 Å². The minimum atomic E-state index is -0.375. The van der Waals surface area contributed by atoms with E-state index >= 15 is 0 Å². The van der Waals surface area contributed by atoms with E-state index in [1.54, 1.807) is 42.5 Å². The number of nitrogens with one attached hydrogen (secondary N) is 1. The Morgan fingerprint density at radius 3 is 2.75 bits per heavy atom. The number of benzene rings is 2. The number of aromatic hydroxyl groups is 1. The van der Waals surface area contributed by atoms with E-state index in [4.69, 9.17) is 11.6 Å². The van der Waals surface area contributed by atoms with Gasteiger partial charge < -0.3 is 5.11 Å². The average molecular weight is 401 g/mol. The Labute approximate surface area is 134 Å². The second-order valence-electron chi connectivity index (χ2n) is 3.89. The molecule has 0 spiro atoms. The standard InChI is InChI=1S/C14H10ClIN2O2/c15-11-4-2-1-3-10(11)14(20)18-17-8-9-5-6-13(19)12(16)7-9/h1-8,19H,(H,18,20)/b17-8-. The SMILES string of the molecule is O=C(N/N=C\c1ccc(O)c(I)c1)c1ccccc1Cl. The summed E-state index contributed by atoms with van der Waals surface area (Å²) in [5.41, 5.74) is 3.54. The molecule has 0 bridgehead atoms. The van der Waals surface area contributed by atoms with Gasteiger partial charge >= 0.3 is 0 Å². The van der Waals surface area contributed by atoms with Crippen molar-refractivity contribution in [2.45, 2.75) is 0 Å². The maximum Gasteiger partial charge on any atom is 0.272 e. The van der Waals surface area contributed by atoms with Gasteiger partial charge in [0.15, 0.2) is 0 Å². The van der Waals surface area contributed by atoms with Crippen LogP contribution in [0.1, 0.15) is 15.9 Å². The van der Waals surface area contributed by atoms with Crippen LogP contribution in [0.25, 0.3) is 0 Å². The fourth-order valence-electron chi connectivity index (χ4n) is 1.47. The zero-order valence-corrected chi connectivity index (χ0v) is 13.1. The number of phenolic OH excluding ortho intramolecular Hbond substituents is 1. The normalized spacial score (nSPS) is 10.7. The minimum absolute atomic E-state index is 0.211. The van der Waals surface area contributed by atoms with E-state index in [-0.39, 0.29) is 11.7 Å². The Hall–Kier alpha value is -1.60. The zero-order chi connectivity index (χ0) is 14.5. The average Bonchev–Trinajstić information content (AvgIpc) is 2.43. The van der Waals surface area contributed by atoms with E-state index in [1.807, 2.05) is 22.6 Å². The number of rotatable bonds is 3. The third kappa shape index (κ3) is 3.71. The van der Waals surface area contributed by atoms with Crippen molar-refractivity contribution in [1.29, 1.82) is 0 Å². The van der Waals surface area contributed by atoms with Gasteiger partial charge in [0.05, 0.1) is 20.4 Å². The van der Waals surface area contributed by atoms with Crippen molar-refractivity contribution in [3.8, 4) is 5.75 Å². The molecule has 0 unspecified atom stereocenters. The summed E-state index contributed by atoms with van der Waals surface area (Å²) >= 11 is 7.92. The molecule has 0 saturated carbocycles. The second kappa shape index (κ2) is 6.71. The van der Waals surface area contributed by atoms with E-state index in [0.717, 1.165) is 5.56 Å². The molecule has 2 aromatic rings. The summed E-state index contributed by atoms with van der Waals surface area (Å²) in [5, 5.41) is 13.6. The third-order valence-corrected chi connectivity index (χ3v) is 3.66. The summed E-state index contributed by atoms with van der Waals surface area (Å²) in [7, 11) is 0. The van der Waals surface area contributed by atoms with Gasteiger partial charge in [-0.15, -0.1) is 0 Å². The van der Waals surface area contributed by atoms with Crippen molar-refractivity contribution in [1.82, 2.24) is 5.43 Å². The Kier molecular flexibility index (Phi) is 4.97. The lowest BCUT2D eigenvalue weighted by Crippen LogP contribution is -2.17. The highest BCUT2D eigenvalue weighted by molar-refractivity contribution is 14.1. The Morgan fingerprint density at radius 1 is 1.30 bits per heavy atom. The number of carbonyl (C=O) groups excluding carboxylic acids is 1. The maximum atomic E-state index is 11.8. The number of halogens is 2. The molecule has 0 atom stereocenters. The number of nitrogens with zero attached hydrogens (tertiary/aromatic N) is 1. The number of amides is 1. The molecular formula is C14H10ClIN2O2. The van der Waals surface area contributed by atoms with Crippen molar-refractivity contribution >= 4 is 46.3 Å². The maximum absolute atomic E-state index is 11.8. The molecule has 2 rings (SSSR count).